The highest BCUT2D eigenvalue weighted by Gasteiger charge is 2.57. The molecule has 2 nitrogen and oxygen atoms in total. The summed E-state index contributed by atoms with van der Waals surface area (Å²) in [5.74, 6) is -0.294. The molecule has 0 aromatic heterocycles. The lowest BCUT2D eigenvalue weighted by Crippen LogP contribution is -2.38. The van der Waals surface area contributed by atoms with Gasteiger partial charge in [0.2, 0.25) is 5.66 Å². The number of ether oxygens (including phenoxy) is 1. The lowest BCUT2D eigenvalue weighted by molar-refractivity contribution is -0.140. The topological polar surface area (TPSA) is 26.3 Å². The fourth-order valence-electron chi connectivity index (χ4n) is 4.19. The lowest BCUT2D eigenvalue weighted by atomic mass is 10.1. The molecule has 31 heavy (non-hydrogen) atoms. The van der Waals surface area contributed by atoms with Crippen LogP contribution in [0, 0.1) is 0 Å². The van der Waals surface area contributed by atoms with Gasteiger partial charge in [-0.1, -0.05) is 84.4 Å². The first-order chi connectivity index (χ1) is 15.2. The number of carbonyl (C=O) groups is 1. The van der Waals surface area contributed by atoms with E-state index in [2.05, 4.69) is 36.4 Å². The average Bonchev–Trinajstić information content (AvgIpc) is 2.84. The molecule has 0 aliphatic heterocycles. The van der Waals surface area contributed by atoms with E-state index in [9.17, 15) is 4.79 Å². The van der Waals surface area contributed by atoms with E-state index >= 15 is 0 Å². The smallest absolute Gasteiger partial charge is 0.352 e. The van der Waals surface area contributed by atoms with Crippen LogP contribution in [-0.2, 0) is 9.53 Å². The Balaban J connectivity index is 2.18. The highest BCUT2D eigenvalue weighted by molar-refractivity contribution is 7.96. The van der Waals surface area contributed by atoms with Crippen molar-refractivity contribution in [3.8, 4) is 0 Å². The van der Waals surface area contributed by atoms with Gasteiger partial charge in [0.25, 0.3) is 0 Å². The second-order valence-electron chi connectivity index (χ2n) is 7.18. The summed E-state index contributed by atoms with van der Waals surface area (Å²) in [4.78, 5) is 13.6. The van der Waals surface area contributed by atoms with E-state index in [1.807, 2.05) is 78.9 Å². The largest absolute Gasteiger partial charge is 0.466 e. The van der Waals surface area contributed by atoms with E-state index in [-0.39, 0.29) is 5.97 Å². The van der Waals surface area contributed by atoms with Crippen LogP contribution in [0.2, 0.25) is 5.02 Å². The van der Waals surface area contributed by atoms with Crippen LogP contribution in [0.25, 0.3) is 0 Å². The van der Waals surface area contributed by atoms with Crippen LogP contribution in [0.4, 0.5) is 0 Å². The third-order valence-corrected chi connectivity index (χ3v) is 10.4. The van der Waals surface area contributed by atoms with Crippen molar-refractivity contribution in [2.24, 2.45) is 0 Å². The molecule has 154 valence electrons. The molecule has 0 heterocycles. The summed E-state index contributed by atoms with van der Waals surface area (Å²) in [6.45, 7) is 0. The van der Waals surface area contributed by atoms with Gasteiger partial charge in [-0.25, -0.2) is 4.79 Å². The normalized spacial score (nSPS) is 12.2. The second-order valence-corrected chi connectivity index (χ2v) is 11.1. The SMILES string of the molecule is COC(=O)C(c1ccccc1Cl)[P+](c1ccccc1)(c1ccccc1)c1ccccc1. The van der Waals surface area contributed by atoms with Crippen molar-refractivity contribution in [1.82, 2.24) is 0 Å². The van der Waals surface area contributed by atoms with Gasteiger partial charge in [-0.15, -0.1) is 0 Å². The predicted octanol–water partition coefficient (Wildman–Crippen LogP) is 5.55. The maximum absolute atomic E-state index is 13.6. The van der Waals surface area contributed by atoms with Crippen molar-refractivity contribution < 1.29 is 9.53 Å². The molecule has 4 rings (SSSR count). The van der Waals surface area contributed by atoms with Gasteiger partial charge in [0, 0.05) is 10.6 Å². The molecule has 0 N–H and O–H groups in total. The molecule has 0 amide bonds. The van der Waals surface area contributed by atoms with Crippen LogP contribution in [0.15, 0.2) is 115 Å². The molecular weight excluding hydrogens is 423 g/mol. The zero-order chi connectivity index (χ0) is 21.7. The Morgan fingerprint density at radius 3 is 1.45 bits per heavy atom. The minimum Gasteiger partial charge on any atom is -0.466 e. The molecule has 0 saturated heterocycles. The van der Waals surface area contributed by atoms with Gasteiger partial charge in [-0.3, -0.25) is 0 Å². The van der Waals surface area contributed by atoms with Gasteiger partial charge < -0.3 is 4.74 Å². The van der Waals surface area contributed by atoms with Crippen LogP contribution in [0.3, 0.4) is 0 Å². The maximum atomic E-state index is 13.6. The molecule has 0 spiro atoms. The van der Waals surface area contributed by atoms with Crippen LogP contribution in [0.1, 0.15) is 11.2 Å². The Hall–Kier alpha value is -2.93. The van der Waals surface area contributed by atoms with Crippen molar-refractivity contribution in [1.29, 1.82) is 0 Å². The summed E-state index contributed by atoms with van der Waals surface area (Å²) in [6.07, 6.45) is 0. The number of hydrogen-bond acceptors (Lipinski definition) is 2. The summed E-state index contributed by atoms with van der Waals surface area (Å²) < 4.78 is 5.42. The van der Waals surface area contributed by atoms with Gasteiger partial charge in [0.1, 0.15) is 23.2 Å². The summed E-state index contributed by atoms with van der Waals surface area (Å²) in [5.41, 5.74) is 0.194. The fourth-order valence-corrected chi connectivity index (χ4v) is 9.29. The molecule has 4 aromatic rings. The lowest BCUT2D eigenvalue weighted by Gasteiger charge is -2.33. The Kier molecular flexibility index (Phi) is 6.51. The van der Waals surface area contributed by atoms with Crippen LogP contribution in [-0.4, -0.2) is 13.1 Å². The van der Waals surface area contributed by atoms with Crippen LogP contribution in [0.5, 0.6) is 0 Å². The first kappa shape index (κ1) is 21.3. The minimum absolute atomic E-state index is 0.294. The highest BCUT2D eigenvalue weighted by atomic mass is 35.5. The first-order valence-electron chi connectivity index (χ1n) is 10.1. The predicted molar refractivity (Wildman–Crippen MR) is 131 cm³/mol. The summed E-state index contributed by atoms with van der Waals surface area (Å²) in [6, 6.07) is 38.4. The standard InChI is InChI=1S/C27H23ClO2P/c1-30-27(29)26(24-19-11-12-20-25(24)28)31(21-13-5-2-6-14-21,22-15-7-3-8-16-22)23-17-9-4-10-18-23/h2-20,26H,1H3/q+1. The molecule has 1 atom stereocenters. The fraction of sp³-hybridized carbons (Fsp3) is 0.0741. The highest BCUT2D eigenvalue weighted by Crippen LogP contribution is 2.67. The van der Waals surface area contributed by atoms with Crippen molar-refractivity contribution in [2.45, 2.75) is 5.66 Å². The van der Waals surface area contributed by atoms with Gasteiger partial charge in [-0.05, 0) is 42.5 Å². The van der Waals surface area contributed by atoms with Crippen molar-refractivity contribution in [2.75, 3.05) is 7.11 Å². The molecule has 4 aromatic carbocycles. The number of carbonyl (C=O) groups excluding carboxylic acids is 1. The van der Waals surface area contributed by atoms with E-state index in [1.54, 1.807) is 0 Å². The zero-order valence-electron chi connectivity index (χ0n) is 17.2. The molecule has 0 bridgehead atoms. The molecular formula is C27H23ClO2P+. The van der Waals surface area contributed by atoms with E-state index in [1.165, 1.54) is 7.11 Å². The van der Waals surface area contributed by atoms with Crippen LogP contribution >= 0.6 is 18.9 Å². The molecule has 0 aliphatic rings. The summed E-state index contributed by atoms with van der Waals surface area (Å²) >= 11 is 6.70. The zero-order valence-corrected chi connectivity index (χ0v) is 18.8. The average molecular weight is 446 g/mol. The van der Waals surface area contributed by atoms with E-state index < -0.39 is 12.9 Å². The number of esters is 1. The molecule has 0 fully saturated rings. The second kappa shape index (κ2) is 9.47. The monoisotopic (exact) mass is 445 g/mol. The molecule has 1 unspecified atom stereocenters. The molecule has 0 aliphatic carbocycles. The number of rotatable bonds is 6. The third kappa shape index (κ3) is 3.90. The molecule has 0 radical (unpaired) electrons. The Morgan fingerprint density at radius 2 is 1.06 bits per heavy atom. The number of methoxy groups -OCH3 is 1. The first-order valence-corrected chi connectivity index (χ1v) is 12.3. The van der Waals surface area contributed by atoms with E-state index in [4.69, 9.17) is 16.3 Å². The molecule has 4 heteroatoms. The molecule has 0 saturated carbocycles. The number of halogens is 1. The van der Waals surface area contributed by atoms with Crippen LogP contribution < -0.4 is 15.9 Å². The van der Waals surface area contributed by atoms with Gasteiger partial charge in [0.15, 0.2) is 0 Å². The Morgan fingerprint density at radius 1 is 0.677 bits per heavy atom. The number of hydrogen-bond donors (Lipinski definition) is 0. The summed E-state index contributed by atoms with van der Waals surface area (Å²) in [7, 11) is -1.10. The van der Waals surface area contributed by atoms with E-state index in [0.717, 1.165) is 21.5 Å². The van der Waals surface area contributed by atoms with Gasteiger partial charge in [-0.2, -0.15) is 0 Å². The van der Waals surface area contributed by atoms with Crippen molar-refractivity contribution in [3.05, 3.63) is 126 Å². The van der Waals surface area contributed by atoms with Crippen molar-refractivity contribution in [3.63, 3.8) is 0 Å². The minimum atomic E-state index is -2.54. The quantitative estimate of drug-likeness (QED) is 0.287. The maximum Gasteiger partial charge on any atom is 0.352 e. The van der Waals surface area contributed by atoms with Crippen molar-refractivity contribution >= 4 is 40.7 Å². The third-order valence-electron chi connectivity index (χ3n) is 5.50. The Labute approximate surface area is 188 Å². The van der Waals surface area contributed by atoms with E-state index in [0.29, 0.717) is 5.02 Å². The van der Waals surface area contributed by atoms with Gasteiger partial charge >= 0.3 is 5.97 Å². The summed E-state index contributed by atoms with van der Waals surface area (Å²) in [5, 5.41) is 3.86. The Bertz CT molecular complexity index is 1050. The van der Waals surface area contributed by atoms with Gasteiger partial charge in [0.05, 0.1) is 7.11 Å². The number of benzene rings is 4.